The van der Waals surface area contributed by atoms with Crippen LogP contribution in [0.2, 0.25) is 0 Å². The molecule has 0 amide bonds. The predicted octanol–water partition coefficient (Wildman–Crippen LogP) is 4.51. The molecule has 0 N–H and O–H groups in total. The summed E-state index contributed by atoms with van der Waals surface area (Å²) in [4.78, 5) is 0. The molecule has 5 heteroatoms. The van der Waals surface area contributed by atoms with Gasteiger partial charge in [-0.05, 0) is 48.9 Å². The summed E-state index contributed by atoms with van der Waals surface area (Å²) in [6.45, 7) is 1.92. The molecule has 0 unspecified atom stereocenters. The van der Waals surface area contributed by atoms with Crippen LogP contribution in [0, 0.1) is 18.6 Å². The summed E-state index contributed by atoms with van der Waals surface area (Å²) in [5.41, 5.74) is 2.09. The van der Waals surface area contributed by atoms with Gasteiger partial charge in [0.2, 0.25) is 0 Å². The summed E-state index contributed by atoms with van der Waals surface area (Å²) < 4.78 is 36.7. The highest BCUT2D eigenvalue weighted by molar-refractivity contribution is 5.59. The molecular weight excluding hydrogens is 288 g/mol. The van der Waals surface area contributed by atoms with E-state index in [2.05, 4.69) is 5.16 Å². The molecule has 0 saturated heterocycles. The lowest BCUT2D eigenvalue weighted by atomic mass is 10.1. The van der Waals surface area contributed by atoms with Crippen molar-refractivity contribution < 1.29 is 18.0 Å². The molecule has 0 bridgehead atoms. The van der Waals surface area contributed by atoms with Gasteiger partial charge in [-0.15, -0.1) is 0 Å². The lowest BCUT2D eigenvalue weighted by Gasteiger charge is -2.07. The Hall–Kier alpha value is -2.69. The van der Waals surface area contributed by atoms with Gasteiger partial charge in [-0.25, -0.2) is 8.78 Å². The second-order valence-corrected chi connectivity index (χ2v) is 4.91. The maximum atomic E-state index is 13.1. The molecule has 3 rings (SSSR count). The van der Waals surface area contributed by atoms with Crippen LogP contribution in [0.5, 0.6) is 5.75 Å². The quantitative estimate of drug-likeness (QED) is 0.711. The number of ether oxygens (including phenoxy) is 1. The Bertz CT molecular complexity index is 761. The molecule has 3 nitrogen and oxygen atoms in total. The Labute approximate surface area is 126 Å². The number of hydrogen-bond acceptors (Lipinski definition) is 3. The van der Waals surface area contributed by atoms with Crippen molar-refractivity contribution in [2.45, 2.75) is 13.5 Å². The smallest absolute Gasteiger partial charge is 0.134 e. The summed E-state index contributed by atoms with van der Waals surface area (Å²) in [7, 11) is 0. The topological polar surface area (TPSA) is 35.3 Å². The van der Waals surface area contributed by atoms with Gasteiger partial charge in [0.15, 0.2) is 0 Å². The number of nitrogens with zero attached hydrogens (tertiary/aromatic N) is 1. The van der Waals surface area contributed by atoms with E-state index in [0.717, 1.165) is 23.1 Å². The van der Waals surface area contributed by atoms with Gasteiger partial charge in [0, 0.05) is 17.7 Å². The highest BCUT2D eigenvalue weighted by Gasteiger charge is 2.05. The predicted molar refractivity (Wildman–Crippen MR) is 77.4 cm³/mol. The van der Waals surface area contributed by atoms with Gasteiger partial charge in [0.25, 0.3) is 0 Å². The molecular formula is C17H13F2NO2. The molecule has 0 saturated carbocycles. The first-order chi connectivity index (χ1) is 10.6. The maximum absolute atomic E-state index is 13.1. The standard InChI is InChI=1S/C17H13F2NO2/c1-11-6-17(20-22-11)13-2-4-16(5-3-13)21-10-12-7-14(18)9-15(19)8-12/h2-9H,10H2,1H3. The second kappa shape index (κ2) is 5.97. The van der Waals surface area contributed by atoms with Gasteiger partial charge >= 0.3 is 0 Å². The summed E-state index contributed by atoms with van der Waals surface area (Å²) in [6.07, 6.45) is 0. The minimum Gasteiger partial charge on any atom is -0.489 e. The molecule has 1 heterocycles. The zero-order valence-electron chi connectivity index (χ0n) is 11.8. The van der Waals surface area contributed by atoms with Crippen LogP contribution < -0.4 is 4.74 Å². The minimum absolute atomic E-state index is 0.0943. The monoisotopic (exact) mass is 301 g/mol. The van der Waals surface area contributed by atoms with E-state index in [1.807, 2.05) is 25.1 Å². The lowest BCUT2D eigenvalue weighted by Crippen LogP contribution is -1.97. The first-order valence-electron chi connectivity index (χ1n) is 6.72. The second-order valence-electron chi connectivity index (χ2n) is 4.91. The normalized spacial score (nSPS) is 10.7. The number of hydrogen-bond donors (Lipinski definition) is 0. The van der Waals surface area contributed by atoms with Crippen LogP contribution >= 0.6 is 0 Å². The van der Waals surface area contributed by atoms with E-state index in [-0.39, 0.29) is 6.61 Å². The first-order valence-corrected chi connectivity index (χ1v) is 6.72. The van der Waals surface area contributed by atoms with Gasteiger partial charge in [-0.1, -0.05) is 5.16 Å². The fraction of sp³-hybridized carbons (Fsp3) is 0.118. The molecule has 0 aliphatic rings. The van der Waals surface area contributed by atoms with Crippen LogP contribution in [0.4, 0.5) is 8.78 Å². The van der Waals surface area contributed by atoms with Gasteiger partial charge < -0.3 is 9.26 Å². The summed E-state index contributed by atoms with van der Waals surface area (Å²) in [5, 5.41) is 3.93. The molecule has 0 atom stereocenters. The third-order valence-corrected chi connectivity index (χ3v) is 3.11. The first kappa shape index (κ1) is 14.3. The van der Waals surface area contributed by atoms with Crippen molar-refractivity contribution >= 4 is 0 Å². The molecule has 1 aromatic heterocycles. The number of aromatic nitrogens is 1. The highest BCUT2D eigenvalue weighted by atomic mass is 19.1. The van der Waals surface area contributed by atoms with Crippen LogP contribution in [-0.2, 0) is 6.61 Å². The van der Waals surface area contributed by atoms with E-state index in [1.165, 1.54) is 12.1 Å². The molecule has 2 aromatic carbocycles. The Morgan fingerprint density at radius 3 is 2.27 bits per heavy atom. The van der Waals surface area contributed by atoms with E-state index >= 15 is 0 Å². The third kappa shape index (κ3) is 3.31. The largest absolute Gasteiger partial charge is 0.489 e. The third-order valence-electron chi connectivity index (χ3n) is 3.11. The van der Waals surface area contributed by atoms with Crippen molar-refractivity contribution in [3.8, 4) is 17.0 Å². The van der Waals surface area contributed by atoms with E-state index in [1.54, 1.807) is 12.1 Å². The lowest BCUT2D eigenvalue weighted by molar-refractivity contribution is 0.305. The average molecular weight is 301 g/mol. The van der Waals surface area contributed by atoms with Gasteiger partial charge in [0.1, 0.15) is 35.4 Å². The Balaban J connectivity index is 1.68. The number of halogens is 2. The number of benzene rings is 2. The van der Waals surface area contributed by atoms with E-state index in [9.17, 15) is 8.78 Å². The minimum atomic E-state index is -0.615. The number of rotatable bonds is 4. The van der Waals surface area contributed by atoms with Gasteiger partial charge in [-0.3, -0.25) is 0 Å². The SMILES string of the molecule is Cc1cc(-c2ccc(OCc3cc(F)cc(F)c3)cc2)no1. The molecule has 0 spiro atoms. The molecule has 112 valence electrons. The zero-order valence-corrected chi connectivity index (χ0v) is 11.8. The van der Waals surface area contributed by atoms with E-state index in [4.69, 9.17) is 9.26 Å². The van der Waals surface area contributed by atoms with Crippen molar-refractivity contribution in [3.63, 3.8) is 0 Å². The molecule has 0 fully saturated rings. The van der Waals surface area contributed by atoms with Crippen molar-refractivity contribution in [2.24, 2.45) is 0 Å². The summed E-state index contributed by atoms with van der Waals surface area (Å²) in [6, 6.07) is 12.4. The Morgan fingerprint density at radius 2 is 1.68 bits per heavy atom. The molecule has 0 aliphatic carbocycles. The van der Waals surface area contributed by atoms with Gasteiger partial charge in [-0.2, -0.15) is 0 Å². The fourth-order valence-corrected chi connectivity index (χ4v) is 2.09. The van der Waals surface area contributed by atoms with Crippen molar-refractivity contribution in [1.82, 2.24) is 5.16 Å². The van der Waals surface area contributed by atoms with Crippen LogP contribution in [-0.4, -0.2) is 5.16 Å². The van der Waals surface area contributed by atoms with Crippen molar-refractivity contribution in [2.75, 3.05) is 0 Å². The Kier molecular flexibility index (Phi) is 3.87. The molecule has 0 radical (unpaired) electrons. The van der Waals surface area contributed by atoms with Crippen molar-refractivity contribution in [1.29, 1.82) is 0 Å². The fourth-order valence-electron chi connectivity index (χ4n) is 2.09. The summed E-state index contributed by atoms with van der Waals surface area (Å²) in [5.74, 6) is 0.114. The number of aryl methyl sites for hydroxylation is 1. The Morgan fingerprint density at radius 1 is 1.00 bits per heavy atom. The van der Waals surface area contributed by atoms with Crippen LogP contribution in [0.15, 0.2) is 53.1 Å². The summed E-state index contributed by atoms with van der Waals surface area (Å²) >= 11 is 0. The maximum Gasteiger partial charge on any atom is 0.134 e. The molecule has 0 aliphatic heterocycles. The van der Waals surface area contributed by atoms with Crippen LogP contribution in [0.3, 0.4) is 0 Å². The average Bonchev–Trinajstić information content (AvgIpc) is 2.91. The molecule has 22 heavy (non-hydrogen) atoms. The van der Waals surface area contributed by atoms with Gasteiger partial charge in [0.05, 0.1) is 0 Å². The molecule has 3 aromatic rings. The highest BCUT2D eigenvalue weighted by Crippen LogP contribution is 2.22. The van der Waals surface area contributed by atoms with Crippen molar-refractivity contribution in [3.05, 3.63) is 71.5 Å². The van der Waals surface area contributed by atoms with E-state index < -0.39 is 11.6 Å². The van der Waals surface area contributed by atoms with Crippen LogP contribution in [0.1, 0.15) is 11.3 Å². The zero-order chi connectivity index (χ0) is 15.5. The van der Waals surface area contributed by atoms with Crippen LogP contribution in [0.25, 0.3) is 11.3 Å². The van der Waals surface area contributed by atoms with E-state index in [0.29, 0.717) is 11.3 Å².